The van der Waals surface area contributed by atoms with Crippen LogP contribution in [0.15, 0.2) is 30.6 Å². The Kier molecular flexibility index (Phi) is 5.01. The summed E-state index contributed by atoms with van der Waals surface area (Å²) in [6.07, 6.45) is 2.54. The van der Waals surface area contributed by atoms with Gasteiger partial charge < -0.3 is 15.4 Å². The maximum absolute atomic E-state index is 6.15. The van der Waals surface area contributed by atoms with E-state index in [9.17, 15) is 0 Å². The van der Waals surface area contributed by atoms with Gasteiger partial charge in [0.15, 0.2) is 0 Å². The minimum atomic E-state index is 0.604. The molecule has 0 amide bonds. The molecule has 0 aliphatic carbocycles. The van der Waals surface area contributed by atoms with Crippen molar-refractivity contribution in [3.05, 3.63) is 35.6 Å². The molecule has 2 aromatic rings. The first-order chi connectivity index (χ1) is 9.72. The van der Waals surface area contributed by atoms with Crippen LogP contribution < -0.4 is 15.4 Å². The number of benzene rings is 1. The molecule has 0 unspecified atom stereocenters. The topological polar surface area (TPSA) is 59.1 Å². The van der Waals surface area contributed by atoms with Crippen molar-refractivity contribution in [2.45, 2.75) is 13.3 Å². The summed E-state index contributed by atoms with van der Waals surface area (Å²) in [7, 11) is 1.62. The lowest BCUT2D eigenvalue weighted by Crippen LogP contribution is -2.03. The minimum absolute atomic E-state index is 0.604. The Morgan fingerprint density at radius 1 is 1.20 bits per heavy atom. The quantitative estimate of drug-likeness (QED) is 0.850. The van der Waals surface area contributed by atoms with Gasteiger partial charge in [0.25, 0.3) is 0 Å². The van der Waals surface area contributed by atoms with Crippen LogP contribution in [0.4, 0.5) is 17.3 Å². The SMILES string of the molecule is CCCNc1cc(Nc2cc(OC)ccc2Cl)ncn1. The van der Waals surface area contributed by atoms with Gasteiger partial charge >= 0.3 is 0 Å². The van der Waals surface area contributed by atoms with Crippen LogP contribution >= 0.6 is 11.6 Å². The Bertz CT molecular complexity index is 577. The Morgan fingerprint density at radius 3 is 2.75 bits per heavy atom. The number of methoxy groups -OCH3 is 1. The molecule has 1 heterocycles. The molecular weight excluding hydrogens is 276 g/mol. The molecule has 6 heteroatoms. The highest BCUT2D eigenvalue weighted by molar-refractivity contribution is 6.33. The van der Waals surface area contributed by atoms with Crippen molar-refractivity contribution in [2.75, 3.05) is 24.3 Å². The van der Waals surface area contributed by atoms with E-state index in [0.29, 0.717) is 10.8 Å². The maximum Gasteiger partial charge on any atom is 0.135 e. The van der Waals surface area contributed by atoms with Crippen LogP contribution in [-0.4, -0.2) is 23.6 Å². The number of hydrogen-bond acceptors (Lipinski definition) is 5. The van der Waals surface area contributed by atoms with E-state index in [4.69, 9.17) is 16.3 Å². The fourth-order valence-electron chi connectivity index (χ4n) is 1.64. The Labute approximate surface area is 123 Å². The number of nitrogens with one attached hydrogen (secondary N) is 2. The van der Waals surface area contributed by atoms with Gasteiger partial charge in [0.1, 0.15) is 23.7 Å². The number of hydrogen-bond donors (Lipinski definition) is 2. The van der Waals surface area contributed by atoms with Crippen molar-refractivity contribution in [1.82, 2.24) is 9.97 Å². The highest BCUT2D eigenvalue weighted by Crippen LogP contribution is 2.29. The van der Waals surface area contributed by atoms with Crippen LogP contribution in [0.1, 0.15) is 13.3 Å². The molecule has 5 nitrogen and oxygen atoms in total. The van der Waals surface area contributed by atoms with E-state index in [1.54, 1.807) is 13.2 Å². The zero-order valence-electron chi connectivity index (χ0n) is 11.5. The Balaban J connectivity index is 2.17. The van der Waals surface area contributed by atoms with E-state index in [-0.39, 0.29) is 0 Å². The number of aromatic nitrogens is 2. The highest BCUT2D eigenvalue weighted by Gasteiger charge is 2.05. The zero-order chi connectivity index (χ0) is 14.4. The van der Waals surface area contributed by atoms with Gasteiger partial charge in [-0.15, -0.1) is 0 Å². The van der Waals surface area contributed by atoms with Gasteiger partial charge in [-0.3, -0.25) is 0 Å². The van der Waals surface area contributed by atoms with Gasteiger partial charge in [-0.05, 0) is 18.6 Å². The Hall–Kier alpha value is -2.01. The molecule has 2 N–H and O–H groups in total. The van der Waals surface area contributed by atoms with E-state index >= 15 is 0 Å². The van der Waals surface area contributed by atoms with Gasteiger partial charge in [-0.25, -0.2) is 9.97 Å². The van der Waals surface area contributed by atoms with Crippen LogP contribution in [0.2, 0.25) is 5.02 Å². The second-order valence-electron chi connectivity index (χ2n) is 4.19. The molecule has 0 aliphatic heterocycles. The molecule has 0 fully saturated rings. The number of nitrogens with zero attached hydrogens (tertiary/aromatic N) is 2. The summed E-state index contributed by atoms with van der Waals surface area (Å²) in [5.41, 5.74) is 0.742. The summed E-state index contributed by atoms with van der Waals surface area (Å²) in [5.74, 6) is 2.19. The number of halogens is 1. The predicted molar refractivity (Wildman–Crippen MR) is 82.1 cm³/mol. The van der Waals surface area contributed by atoms with Crippen LogP contribution in [-0.2, 0) is 0 Å². The summed E-state index contributed by atoms with van der Waals surface area (Å²) in [6, 6.07) is 7.25. The molecular formula is C14H17ClN4O. The van der Waals surface area contributed by atoms with Crippen molar-refractivity contribution in [3.63, 3.8) is 0 Å². The summed E-state index contributed by atoms with van der Waals surface area (Å²) in [4.78, 5) is 8.33. The van der Waals surface area contributed by atoms with Gasteiger partial charge in [0, 0.05) is 18.7 Å². The van der Waals surface area contributed by atoms with Gasteiger partial charge in [0.05, 0.1) is 17.8 Å². The van der Waals surface area contributed by atoms with Gasteiger partial charge in [-0.1, -0.05) is 18.5 Å². The molecule has 1 aromatic heterocycles. The van der Waals surface area contributed by atoms with Crippen molar-refractivity contribution in [2.24, 2.45) is 0 Å². The average Bonchev–Trinajstić information content (AvgIpc) is 2.48. The summed E-state index contributed by atoms with van der Waals surface area (Å²) in [5, 5.41) is 6.97. The molecule has 0 aliphatic rings. The van der Waals surface area contributed by atoms with E-state index < -0.39 is 0 Å². The second kappa shape index (κ2) is 6.96. The van der Waals surface area contributed by atoms with Crippen molar-refractivity contribution in [1.29, 1.82) is 0 Å². The van der Waals surface area contributed by atoms with Crippen LogP contribution in [0.5, 0.6) is 5.75 Å². The van der Waals surface area contributed by atoms with Gasteiger partial charge in [-0.2, -0.15) is 0 Å². The van der Waals surface area contributed by atoms with E-state index in [1.165, 1.54) is 6.33 Å². The largest absolute Gasteiger partial charge is 0.497 e. The standard InChI is InChI=1S/C14H17ClN4O/c1-3-6-16-13-8-14(18-9-17-13)19-12-7-10(20-2)4-5-11(12)15/h4-5,7-9H,3,6H2,1-2H3,(H2,16,17,18,19). The number of anilines is 3. The van der Waals surface area contributed by atoms with Crippen molar-refractivity contribution < 1.29 is 4.74 Å². The normalized spacial score (nSPS) is 10.2. The number of rotatable bonds is 6. The van der Waals surface area contributed by atoms with Crippen molar-refractivity contribution >= 4 is 28.9 Å². The third-order valence-electron chi connectivity index (χ3n) is 2.66. The Morgan fingerprint density at radius 2 is 2.00 bits per heavy atom. The van der Waals surface area contributed by atoms with Gasteiger partial charge in [0.2, 0.25) is 0 Å². The number of ether oxygens (including phenoxy) is 1. The van der Waals surface area contributed by atoms with Crippen molar-refractivity contribution in [3.8, 4) is 5.75 Å². The average molecular weight is 293 g/mol. The lowest BCUT2D eigenvalue weighted by atomic mass is 10.3. The maximum atomic E-state index is 6.15. The molecule has 20 heavy (non-hydrogen) atoms. The summed E-state index contributed by atoms with van der Waals surface area (Å²) >= 11 is 6.15. The van der Waals surface area contributed by atoms with E-state index in [0.717, 1.165) is 30.2 Å². The second-order valence-corrected chi connectivity index (χ2v) is 4.59. The van der Waals surface area contributed by atoms with E-state index in [2.05, 4.69) is 27.5 Å². The third kappa shape index (κ3) is 3.74. The molecule has 0 atom stereocenters. The molecule has 0 saturated heterocycles. The monoisotopic (exact) mass is 292 g/mol. The molecule has 0 saturated carbocycles. The third-order valence-corrected chi connectivity index (χ3v) is 2.99. The van der Waals surface area contributed by atoms with Crippen LogP contribution in [0, 0.1) is 0 Å². The first-order valence-electron chi connectivity index (χ1n) is 6.39. The first kappa shape index (κ1) is 14.4. The molecule has 0 radical (unpaired) electrons. The fraction of sp³-hybridized carbons (Fsp3) is 0.286. The smallest absolute Gasteiger partial charge is 0.135 e. The molecule has 0 spiro atoms. The highest BCUT2D eigenvalue weighted by atomic mass is 35.5. The van der Waals surface area contributed by atoms with Crippen LogP contribution in [0.25, 0.3) is 0 Å². The minimum Gasteiger partial charge on any atom is -0.497 e. The summed E-state index contributed by atoms with van der Waals surface area (Å²) < 4.78 is 5.18. The summed E-state index contributed by atoms with van der Waals surface area (Å²) in [6.45, 7) is 2.97. The van der Waals surface area contributed by atoms with E-state index in [1.807, 2.05) is 18.2 Å². The lowest BCUT2D eigenvalue weighted by molar-refractivity contribution is 0.415. The molecule has 106 valence electrons. The predicted octanol–water partition coefficient (Wildman–Crippen LogP) is 3.70. The van der Waals surface area contributed by atoms with Crippen LogP contribution in [0.3, 0.4) is 0 Å². The molecule has 0 bridgehead atoms. The molecule has 2 rings (SSSR count). The zero-order valence-corrected chi connectivity index (χ0v) is 12.2. The lowest BCUT2D eigenvalue weighted by Gasteiger charge is -2.10. The molecule has 1 aromatic carbocycles. The first-order valence-corrected chi connectivity index (χ1v) is 6.77. The fourth-order valence-corrected chi connectivity index (χ4v) is 1.81.